The van der Waals surface area contributed by atoms with E-state index in [0.29, 0.717) is 47.0 Å². The van der Waals surface area contributed by atoms with Crippen molar-refractivity contribution in [1.29, 1.82) is 0 Å². The number of nitrogens with one attached hydrogen (secondary N) is 1. The minimum atomic E-state index is -0.153. The monoisotopic (exact) mass is 305 g/mol. The quantitative estimate of drug-likeness (QED) is 0.510. The number of aromatic amines is 1. The third kappa shape index (κ3) is 3.13. The maximum absolute atomic E-state index is 11.4. The van der Waals surface area contributed by atoms with Crippen LogP contribution in [-0.4, -0.2) is 23.2 Å². The number of ether oxygens (including phenoxy) is 2. The van der Waals surface area contributed by atoms with Gasteiger partial charge in [-0.15, -0.1) is 0 Å². The molecule has 0 radical (unpaired) electrons. The highest BCUT2D eigenvalue weighted by Crippen LogP contribution is 2.36. The molecule has 1 aliphatic heterocycles. The molecule has 0 aliphatic carbocycles. The Morgan fingerprint density at radius 1 is 1.29 bits per heavy atom. The summed E-state index contributed by atoms with van der Waals surface area (Å²) >= 11 is 1.42. The third-order valence-corrected chi connectivity index (χ3v) is 3.94. The predicted molar refractivity (Wildman–Crippen MR) is 81.0 cm³/mol. The van der Waals surface area contributed by atoms with Crippen molar-refractivity contribution in [3.05, 3.63) is 39.8 Å². The number of aryl methyl sites for hydroxylation is 1. The van der Waals surface area contributed by atoms with Gasteiger partial charge in [0.05, 0.1) is 0 Å². The molecular formula is C14H15N3O3S. The van der Waals surface area contributed by atoms with Crippen molar-refractivity contribution in [2.75, 3.05) is 18.9 Å². The molecule has 0 unspecified atom stereocenters. The van der Waals surface area contributed by atoms with Gasteiger partial charge in [0, 0.05) is 29.3 Å². The zero-order valence-electron chi connectivity index (χ0n) is 11.5. The lowest BCUT2D eigenvalue weighted by Gasteiger charge is -2.20. The summed E-state index contributed by atoms with van der Waals surface area (Å²) in [7, 11) is 0. The topological polar surface area (TPSA) is 90.2 Å². The predicted octanol–water partition coefficient (Wildman–Crippen LogP) is 1.72. The molecule has 1 aromatic carbocycles. The average Bonchev–Trinajstić information content (AvgIpc) is 2.44. The number of thioether (sulfide) groups is 1. The SMILES string of the molecule is Cc1cc(=O)[nH]c(SCc2cc3c(cc2N)OCCO3)n1. The highest BCUT2D eigenvalue weighted by atomic mass is 32.2. The van der Waals surface area contributed by atoms with E-state index in [0.717, 1.165) is 5.56 Å². The van der Waals surface area contributed by atoms with E-state index in [1.165, 1.54) is 17.8 Å². The first kappa shape index (κ1) is 13.8. The average molecular weight is 305 g/mol. The Morgan fingerprint density at radius 3 is 2.71 bits per heavy atom. The number of rotatable bonds is 3. The smallest absolute Gasteiger partial charge is 0.251 e. The maximum Gasteiger partial charge on any atom is 0.251 e. The molecule has 0 amide bonds. The summed E-state index contributed by atoms with van der Waals surface area (Å²) in [6.45, 7) is 2.86. The van der Waals surface area contributed by atoms with E-state index in [-0.39, 0.29) is 5.56 Å². The fraction of sp³-hybridized carbons (Fsp3) is 0.286. The van der Waals surface area contributed by atoms with Gasteiger partial charge in [0.2, 0.25) is 0 Å². The Hall–Kier alpha value is -2.15. The fourth-order valence-corrected chi connectivity index (χ4v) is 2.96. The first-order valence-electron chi connectivity index (χ1n) is 6.50. The number of hydrogen-bond acceptors (Lipinski definition) is 6. The van der Waals surface area contributed by atoms with Gasteiger partial charge in [-0.3, -0.25) is 4.79 Å². The molecule has 0 spiro atoms. The second-order valence-electron chi connectivity index (χ2n) is 4.68. The van der Waals surface area contributed by atoms with Crippen molar-refractivity contribution in [3.8, 4) is 11.5 Å². The number of nitrogens with two attached hydrogens (primary N) is 1. The molecule has 0 fully saturated rings. The fourth-order valence-electron chi connectivity index (χ4n) is 2.04. The van der Waals surface area contributed by atoms with Crippen LogP contribution in [0.1, 0.15) is 11.3 Å². The lowest BCUT2D eigenvalue weighted by Crippen LogP contribution is -2.16. The molecule has 0 atom stereocenters. The Kier molecular flexibility index (Phi) is 3.74. The van der Waals surface area contributed by atoms with E-state index in [4.69, 9.17) is 15.2 Å². The van der Waals surface area contributed by atoms with Crippen LogP contribution in [-0.2, 0) is 5.75 Å². The Bertz CT molecular complexity index is 730. The van der Waals surface area contributed by atoms with Crippen LogP contribution in [0.2, 0.25) is 0 Å². The van der Waals surface area contributed by atoms with E-state index >= 15 is 0 Å². The van der Waals surface area contributed by atoms with Crippen LogP contribution in [0.4, 0.5) is 5.69 Å². The molecule has 0 bridgehead atoms. The van der Waals surface area contributed by atoms with E-state index in [1.54, 1.807) is 13.0 Å². The number of fused-ring (bicyclic) bond motifs is 1. The summed E-state index contributed by atoms with van der Waals surface area (Å²) in [4.78, 5) is 18.4. The van der Waals surface area contributed by atoms with E-state index in [1.807, 2.05) is 6.07 Å². The summed E-state index contributed by atoms with van der Waals surface area (Å²) in [6, 6.07) is 5.12. The van der Waals surface area contributed by atoms with Crippen LogP contribution >= 0.6 is 11.8 Å². The highest BCUT2D eigenvalue weighted by Gasteiger charge is 2.15. The van der Waals surface area contributed by atoms with Crippen LogP contribution in [0.5, 0.6) is 11.5 Å². The zero-order chi connectivity index (χ0) is 14.8. The molecule has 0 saturated carbocycles. The Morgan fingerprint density at radius 2 is 2.00 bits per heavy atom. The lowest BCUT2D eigenvalue weighted by molar-refractivity contribution is 0.171. The first-order chi connectivity index (χ1) is 10.1. The summed E-state index contributed by atoms with van der Waals surface area (Å²) in [5.74, 6) is 1.97. The largest absolute Gasteiger partial charge is 0.486 e. The van der Waals surface area contributed by atoms with Gasteiger partial charge >= 0.3 is 0 Å². The first-order valence-corrected chi connectivity index (χ1v) is 7.49. The van der Waals surface area contributed by atoms with Crippen LogP contribution in [0, 0.1) is 6.92 Å². The number of hydrogen-bond donors (Lipinski definition) is 2. The molecule has 21 heavy (non-hydrogen) atoms. The lowest BCUT2D eigenvalue weighted by atomic mass is 10.2. The summed E-state index contributed by atoms with van der Waals surface area (Å²) < 4.78 is 11.0. The van der Waals surface area contributed by atoms with Crippen LogP contribution in [0.3, 0.4) is 0 Å². The highest BCUT2D eigenvalue weighted by molar-refractivity contribution is 7.98. The molecule has 3 N–H and O–H groups in total. The van der Waals surface area contributed by atoms with Gasteiger partial charge in [-0.2, -0.15) is 0 Å². The van der Waals surface area contributed by atoms with Crippen molar-refractivity contribution < 1.29 is 9.47 Å². The summed E-state index contributed by atoms with van der Waals surface area (Å²) in [5, 5.41) is 0.578. The van der Waals surface area contributed by atoms with Crippen molar-refractivity contribution in [1.82, 2.24) is 9.97 Å². The molecule has 6 nitrogen and oxygen atoms in total. The van der Waals surface area contributed by atoms with Crippen molar-refractivity contribution in [2.45, 2.75) is 17.8 Å². The number of H-pyrrole nitrogens is 1. The molecule has 7 heteroatoms. The van der Waals surface area contributed by atoms with Crippen LogP contribution < -0.4 is 20.8 Å². The Labute approximate surface area is 125 Å². The summed E-state index contributed by atoms with van der Waals surface area (Å²) in [5.41, 5.74) is 8.13. The van der Waals surface area contributed by atoms with Crippen LogP contribution in [0.25, 0.3) is 0 Å². The number of benzene rings is 1. The van der Waals surface area contributed by atoms with E-state index in [9.17, 15) is 4.79 Å². The molecule has 110 valence electrons. The van der Waals surface area contributed by atoms with Crippen molar-refractivity contribution in [3.63, 3.8) is 0 Å². The van der Waals surface area contributed by atoms with Crippen molar-refractivity contribution >= 4 is 17.4 Å². The van der Waals surface area contributed by atoms with Crippen LogP contribution in [0.15, 0.2) is 28.2 Å². The molecule has 0 saturated heterocycles. The molecule has 3 rings (SSSR count). The van der Waals surface area contributed by atoms with Gasteiger partial charge in [-0.05, 0) is 18.6 Å². The number of nitrogens with zero attached hydrogens (tertiary/aromatic N) is 1. The molecule has 1 aromatic heterocycles. The Balaban J connectivity index is 1.80. The molecule has 2 aromatic rings. The standard InChI is InChI=1S/C14H15N3O3S/c1-8-4-13(18)17-14(16-8)21-7-9-5-11-12(6-10(9)15)20-3-2-19-11/h4-6H,2-3,7,15H2,1H3,(H,16,17,18). The normalized spacial score (nSPS) is 13.2. The number of nitrogen functional groups attached to an aromatic ring is 1. The van der Waals surface area contributed by atoms with Crippen molar-refractivity contribution in [2.24, 2.45) is 0 Å². The summed E-state index contributed by atoms with van der Waals surface area (Å²) in [6.07, 6.45) is 0. The van der Waals surface area contributed by atoms with Gasteiger partial charge in [0.1, 0.15) is 13.2 Å². The maximum atomic E-state index is 11.4. The number of anilines is 1. The third-order valence-electron chi connectivity index (χ3n) is 3.02. The molecule has 1 aliphatic rings. The molecular weight excluding hydrogens is 290 g/mol. The van der Waals surface area contributed by atoms with E-state index < -0.39 is 0 Å². The second kappa shape index (κ2) is 5.69. The second-order valence-corrected chi connectivity index (χ2v) is 5.64. The minimum absolute atomic E-state index is 0.153. The van der Waals surface area contributed by atoms with Gasteiger partial charge in [-0.1, -0.05) is 11.8 Å². The molecule has 2 heterocycles. The van der Waals surface area contributed by atoms with Gasteiger partial charge in [0.25, 0.3) is 5.56 Å². The van der Waals surface area contributed by atoms with Gasteiger partial charge in [0.15, 0.2) is 16.7 Å². The van der Waals surface area contributed by atoms with Gasteiger partial charge < -0.3 is 20.2 Å². The minimum Gasteiger partial charge on any atom is -0.486 e. The van der Waals surface area contributed by atoms with Gasteiger partial charge in [-0.25, -0.2) is 4.98 Å². The van der Waals surface area contributed by atoms with E-state index in [2.05, 4.69) is 9.97 Å². The number of aromatic nitrogens is 2. The zero-order valence-corrected chi connectivity index (χ0v) is 12.3.